The molecular formula is C22H22N2O6. The number of hydrogen-bond donors (Lipinski definition) is 2. The molecule has 2 aromatic carbocycles. The molecule has 0 aromatic heterocycles. The minimum atomic E-state index is -0.989. The Morgan fingerprint density at radius 3 is 2.67 bits per heavy atom. The fraction of sp³-hybridized carbons (Fsp3) is 0.227. The second-order valence-corrected chi connectivity index (χ2v) is 6.47. The quantitative estimate of drug-likeness (QED) is 0.512. The minimum Gasteiger partial charge on any atom is -0.454 e. The van der Waals surface area contributed by atoms with Crippen LogP contribution in [0.1, 0.15) is 18.9 Å². The Morgan fingerprint density at radius 1 is 1.10 bits per heavy atom. The molecule has 8 heteroatoms. The maximum absolute atomic E-state index is 12.2. The molecule has 0 saturated heterocycles. The van der Waals surface area contributed by atoms with E-state index in [9.17, 15) is 14.4 Å². The average Bonchev–Trinajstić information content (AvgIpc) is 3.21. The van der Waals surface area contributed by atoms with E-state index in [-0.39, 0.29) is 25.7 Å². The van der Waals surface area contributed by atoms with Crippen molar-refractivity contribution in [1.82, 2.24) is 5.32 Å². The van der Waals surface area contributed by atoms with Gasteiger partial charge in [-0.1, -0.05) is 30.3 Å². The van der Waals surface area contributed by atoms with Gasteiger partial charge >= 0.3 is 5.97 Å². The fourth-order valence-corrected chi connectivity index (χ4v) is 2.61. The third-order valence-electron chi connectivity index (χ3n) is 4.17. The summed E-state index contributed by atoms with van der Waals surface area (Å²) in [6, 6.07) is 14.4. The molecule has 8 nitrogen and oxygen atoms in total. The monoisotopic (exact) mass is 410 g/mol. The number of anilines is 1. The summed E-state index contributed by atoms with van der Waals surface area (Å²) < 4.78 is 15.6. The molecule has 1 atom stereocenters. The van der Waals surface area contributed by atoms with Crippen molar-refractivity contribution in [2.45, 2.75) is 19.4 Å². The van der Waals surface area contributed by atoms with E-state index in [1.807, 2.05) is 30.3 Å². The maximum atomic E-state index is 12.2. The summed E-state index contributed by atoms with van der Waals surface area (Å²) in [4.78, 5) is 35.9. The highest BCUT2D eigenvalue weighted by Gasteiger charge is 2.19. The number of hydrogen-bond acceptors (Lipinski definition) is 6. The number of nitrogens with one attached hydrogen (secondary N) is 2. The highest BCUT2D eigenvalue weighted by molar-refractivity contribution is 5.95. The van der Waals surface area contributed by atoms with Gasteiger partial charge in [0.05, 0.1) is 6.42 Å². The van der Waals surface area contributed by atoms with Crippen molar-refractivity contribution in [3.8, 4) is 11.5 Å². The van der Waals surface area contributed by atoms with Crippen LogP contribution in [-0.4, -0.2) is 37.2 Å². The molecular weight excluding hydrogens is 388 g/mol. The van der Waals surface area contributed by atoms with Crippen molar-refractivity contribution >= 4 is 29.5 Å². The van der Waals surface area contributed by atoms with Crippen LogP contribution in [-0.2, 0) is 19.1 Å². The van der Waals surface area contributed by atoms with E-state index >= 15 is 0 Å². The van der Waals surface area contributed by atoms with Gasteiger partial charge in [0.1, 0.15) is 0 Å². The van der Waals surface area contributed by atoms with E-state index in [1.54, 1.807) is 24.3 Å². The van der Waals surface area contributed by atoms with Gasteiger partial charge in [-0.2, -0.15) is 0 Å². The molecule has 1 aliphatic heterocycles. The van der Waals surface area contributed by atoms with Crippen LogP contribution in [0.2, 0.25) is 0 Å². The van der Waals surface area contributed by atoms with Crippen LogP contribution in [0.4, 0.5) is 5.69 Å². The van der Waals surface area contributed by atoms with Crippen molar-refractivity contribution < 1.29 is 28.6 Å². The van der Waals surface area contributed by atoms with Crippen LogP contribution < -0.4 is 20.1 Å². The number of benzene rings is 2. The lowest BCUT2D eigenvalue weighted by molar-refractivity contribution is -0.153. The predicted octanol–water partition coefficient (Wildman–Crippen LogP) is 2.51. The number of carbonyl (C=O) groups excluding carboxylic acids is 3. The fourth-order valence-electron chi connectivity index (χ4n) is 2.61. The number of ether oxygens (including phenoxy) is 3. The van der Waals surface area contributed by atoms with Gasteiger partial charge in [-0.25, -0.2) is 0 Å². The van der Waals surface area contributed by atoms with E-state index in [0.29, 0.717) is 17.2 Å². The Balaban J connectivity index is 1.37. The zero-order chi connectivity index (χ0) is 21.3. The first-order valence-corrected chi connectivity index (χ1v) is 9.42. The molecule has 0 saturated carbocycles. The normalized spacial score (nSPS) is 13.0. The average molecular weight is 410 g/mol. The van der Waals surface area contributed by atoms with Gasteiger partial charge in [-0.05, 0) is 30.7 Å². The standard InChI is InChI=1S/C22H22N2O6/c1-15(22(27)24-17-8-9-18-19(13-17)29-14-28-18)30-21(26)11-12-23-20(25)10-7-16-5-3-2-4-6-16/h2-10,13,15H,11-12,14H2,1H3,(H,23,25)(H,24,27)/b10-7+/t15-/m0/s1. The van der Waals surface area contributed by atoms with Gasteiger partial charge in [0.15, 0.2) is 17.6 Å². The summed E-state index contributed by atoms with van der Waals surface area (Å²) in [5.41, 5.74) is 1.40. The first-order chi connectivity index (χ1) is 14.5. The second kappa shape index (κ2) is 10.1. The Morgan fingerprint density at radius 2 is 1.87 bits per heavy atom. The third kappa shape index (κ3) is 6.10. The molecule has 1 aliphatic rings. The van der Waals surface area contributed by atoms with Crippen LogP contribution in [0.5, 0.6) is 11.5 Å². The Labute approximate surface area is 173 Å². The van der Waals surface area contributed by atoms with E-state index in [4.69, 9.17) is 14.2 Å². The molecule has 0 fully saturated rings. The Bertz CT molecular complexity index is 942. The summed E-state index contributed by atoms with van der Waals surface area (Å²) in [5, 5.41) is 5.25. The van der Waals surface area contributed by atoms with E-state index < -0.39 is 18.0 Å². The summed E-state index contributed by atoms with van der Waals surface area (Å²) >= 11 is 0. The van der Waals surface area contributed by atoms with E-state index in [1.165, 1.54) is 13.0 Å². The molecule has 0 bridgehead atoms. The lowest BCUT2D eigenvalue weighted by Crippen LogP contribution is -2.31. The maximum Gasteiger partial charge on any atom is 0.308 e. The van der Waals surface area contributed by atoms with Crippen molar-refractivity contribution in [3.05, 3.63) is 60.2 Å². The summed E-state index contributed by atoms with van der Waals surface area (Å²) in [6.45, 7) is 1.72. The molecule has 156 valence electrons. The number of esters is 1. The molecule has 2 N–H and O–H groups in total. The first kappa shape index (κ1) is 20.9. The van der Waals surface area contributed by atoms with Crippen molar-refractivity contribution in [3.63, 3.8) is 0 Å². The van der Waals surface area contributed by atoms with Crippen molar-refractivity contribution in [1.29, 1.82) is 0 Å². The lowest BCUT2D eigenvalue weighted by Gasteiger charge is -2.14. The van der Waals surface area contributed by atoms with Gasteiger partial charge in [-0.3, -0.25) is 14.4 Å². The van der Waals surface area contributed by atoms with E-state index in [0.717, 1.165) is 5.56 Å². The van der Waals surface area contributed by atoms with Gasteiger partial charge in [0.2, 0.25) is 12.7 Å². The van der Waals surface area contributed by atoms with E-state index in [2.05, 4.69) is 10.6 Å². The zero-order valence-electron chi connectivity index (χ0n) is 16.4. The molecule has 0 aliphatic carbocycles. The van der Waals surface area contributed by atoms with Crippen molar-refractivity contribution in [2.24, 2.45) is 0 Å². The highest BCUT2D eigenvalue weighted by Crippen LogP contribution is 2.34. The van der Waals surface area contributed by atoms with Crippen LogP contribution in [0.15, 0.2) is 54.6 Å². The lowest BCUT2D eigenvalue weighted by atomic mass is 10.2. The molecule has 30 heavy (non-hydrogen) atoms. The summed E-state index contributed by atoms with van der Waals surface area (Å²) in [7, 11) is 0. The molecule has 1 heterocycles. The molecule has 0 radical (unpaired) electrons. The first-order valence-electron chi connectivity index (χ1n) is 9.42. The SMILES string of the molecule is C[C@H](OC(=O)CCNC(=O)/C=C/c1ccccc1)C(=O)Nc1ccc2c(c1)OCO2. The Kier molecular flexibility index (Phi) is 7.05. The second-order valence-electron chi connectivity index (χ2n) is 6.47. The number of fused-ring (bicyclic) bond motifs is 1. The van der Waals surface area contributed by atoms with Gasteiger partial charge in [0.25, 0.3) is 5.91 Å². The van der Waals surface area contributed by atoms with Crippen LogP contribution in [0, 0.1) is 0 Å². The molecule has 2 amide bonds. The van der Waals surface area contributed by atoms with Crippen molar-refractivity contribution in [2.75, 3.05) is 18.7 Å². The largest absolute Gasteiger partial charge is 0.454 e. The summed E-state index contributed by atoms with van der Waals surface area (Å²) in [6.07, 6.45) is 2.03. The number of amides is 2. The predicted molar refractivity (Wildman–Crippen MR) is 110 cm³/mol. The van der Waals surface area contributed by atoms with Gasteiger partial charge in [0, 0.05) is 24.4 Å². The number of rotatable bonds is 8. The molecule has 0 unspecified atom stereocenters. The molecule has 2 aromatic rings. The smallest absolute Gasteiger partial charge is 0.308 e. The third-order valence-corrected chi connectivity index (χ3v) is 4.17. The van der Waals surface area contributed by atoms with Crippen LogP contribution in [0.3, 0.4) is 0 Å². The Hall–Kier alpha value is -3.81. The van der Waals surface area contributed by atoms with Gasteiger partial charge in [-0.15, -0.1) is 0 Å². The minimum absolute atomic E-state index is 0.0490. The number of carbonyl (C=O) groups is 3. The van der Waals surface area contributed by atoms with Crippen LogP contribution in [0.25, 0.3) is 6.08 Å². The topological polar surface area (TPSA) is 103 Å². The molecule has 0 spiro atoms. The van der Waals surface area contributed by atoms with Gasteiger partial charge < -0.3 is 24.8 Å². The highest BCUT2D eigenvalue weighted by atomic mass is 16.7. The van der Waals surface area contributed by atoms with Crippen LogP contribution >= 0.6 is 0 Å². The molecule has 3 rings (SSSR count). The zero-order valence-corrected chi connectivity index (χ0v) is 16.4. The summed E-state index contributed by atoms with van der Waals surface area (Å²) in [5.74, 6) is -0.240.